The Morgan fingerprint density at radius 3 is 2.52 bits per heavy atom. The number of carbonyl (C=O) groups is 2. The number of methoxy groups -OCH3 is 2. The van der Waals surface area contributed by atoms with E-state index in [1.165, 1.54) is 14.2 Å². The van der Waals surface area contributed by atoms with Crippen molar-refractivity contribution in [2.45, 2.75) is 6.92 Å². The zero-order valence-electron chi connectivity index (χ0n) is 13.2. The lowest BCUT2D eigenvalue weighted by Crippen LogP contribution is -2.45. The molecule has 7 heteroatoms. The molecule has 0 saturated carbocycles. The van der Waals surface area contributed by atoms with Crippen LogP contribution in [-0.2, 0) is 23.8 Å². The molecule has 0 radical (unpaired) electrons. The van der Waals surface area contributed by atoms with Gasteiger partial charge in [-0.15, -0.1) is 0 Å². The molecule has 1 atom stereocenters. The van der Waals surface area contributed by atoms with E-state index in [1.807, 2.05) is 0 Å². The van der Waals surface area contributed by atoms with Crippen LogP contribution in [0.2, 0.25) is 0 Å². The van der Waals surface area contributed by atoms with Crippen LogP contribution >= 0.6 is 0 Å². The number of hydrogen-bond donors (Lipinski definition) is 0. The van der Waals surface area contributed by atoms with Gasteiger partial charge in [0.25, 0.3) is 0 Å². The fourth-order valence-corrected chi connectivity index (χ4v) is 2.23. The Balaban J connectivity index is 2.50. The molecule has 1 rings (SSSR count). The molecule has 0 aliphatic carbocycles. The van der Waals surface area contributed by atoms with E-state index < -0.39 is 0 Å². The van der Waals surface area contributed by atoms with Gasteiger partial charge in [0.2, 0.25) is 5.91 Å². The van der Waals surface area contributed by atoms with E-state index in [0.29, 0.717) is 13.1 Å². The quantitative estimate of drug-likeness (QED) is 0.569. The van der Waals surface area contributed by atoms with Gasteiger partial charge in [-0.2, -0.15) is 0 Å². The Morgan fingerprint density at radius 2 is 1.95 bits per heavy atom. The van der Waals surface area contributed by atoms with Crippen LogP contribution in [0.15, 0.2) is 0 Å². The molecule has 122 valence electrons. The molecule has 0 N–H and O–H groups in total. The van der Waals surface area contributed by atoms with Crippen molar-refractivity contribution in [3.8, 4) is 0 Å². The molecule has 1 unspecified atom stereocenters. The van der Waals surface area contributed by atoms with Crippen molar-refractivity contribution in [3.05, 3.63) is 0 Å². The summed E-state index contributed by atoms with van der Waals surface area (Å²) in [5.74, 6) is -0.765. The van der Waals surface area contributed by atoms with Crippen LogP contribution in [0.4, 0.5) is 0 Å². The molecule has 1 aliphatic rings. The van der Waals surface area contributed by atoms with Crippen molar-refractivity contribution in [2.24, 2.45) is 5.92 Å². The molecule has 1 amide bonds. The Kier molecular flexibility index (Phi) is 8.26. The molecule has 1 saturated heterocycles. The largest absolute Gasteiger partial charge is 0.469 e. The first kappa shape index (κ1) is 17.9. The number of esters is 1. The highest BCUT2D eigenvalue weighted by atomic mass is 16.5. The third kappa shape index (κ3) is 6.41. The monoisotopic (exact) mass is 302 g/mol. The predicted molar refractivity (Wildman–Crippen MR) is 76.9 cm³/mol. The second-order valence-corrected chi connectivity index (χ2v) is 5.15. The lowest BCUT2D eigenvalue weighted by Gasteiger charge is -2.30. The minimum absolute atomic E-state index is 0.0248. The first-order valence-corrected chi connectivity index (χ1v) is 7.23. The van der Waals surface area contributed by atoms with Gasteiger partial charge in [-0.05, 0) is 0 Å². The van der Waals surface area contributed by atoms with Gasteiger partial charge in [0, 0.05) is 39.8 Å². The minimum atomic E-state index is -0.347. The van der Waals surface area contributed by atoms with Crippen molar-refractivity contribution in [1.29, 1.82) is 0 Å². The Bertz CT molecular complexity index is 331. The third-order valence-electron chi connectivity index (χ3n) is 3.51. The highest BCUT2D eigenvalue weighted by Gasteiger charge is 2.22. The lowest BCUT2D eigenvalue weighted by atomic mass is 10.1. The molecular formula is C14H26N2O5. The van der Waals surface area contributed by atoms with Crippen molar-refractivity contribution in [3.63, 3.8) is 0 Å². The smallest absolute Gasteiger partial charge is 0.310 e. The van der Waals surface area contributed by atoms with Gasteiger partial charge in [0.05, 0.1) is 26.2 Å². The van der Waals surface area contributed by atoms with Gasteiger partial charge in [-0.25, -0.2) is 0 Å². The van der Waals surface area contributed by atoms with Crippen molar-refractivity contribution in [1.82, 2.24) is 9.80 Å². The highest BCUT2D eigenvalue weighted by Crippen LogP contribution is 2.05. The van der Waals surface area contributed by atoms with E-state index in [4.69, 9.17) is 14.2 Å². The number of morpholine rings is 1. The van der Waals surface area contributed by atoms with Crippen LogP contribution in [-0.4, -0.2) is 88.4 Å². The average molecular weight is 302 g/mol. The van der Waals surface area contributed by atoms with Gasteiger partial charge in [0.1, 0.15) is 6.61 Å². The van der Waals surface area contributed by atoms with Crippen LogP contribution in [0.25, 0.3) is 0 Å². The summed E-state index contributed by atoms with van der Waals surface area (Å²) in [5.41, 5.74) is 0. The van der Waals surface area contributed by atoms with Crippen LogP contribution in [0, 0.1) is 5.92 Å². The summed E-state index contributed by atoms with van der Waals surface area (Å²) < 4.78 is 14.9. The number of amides is 1. The van der Waals surface area contributed by atoms with Crippen molar-refractivity contribution in [2.75, 3.05) is 66.8 Å². The second kappa shape index (κ2) is 9.70. The molecule has 0 bridgehead atoms. The summed E-state index contributed by atoms with van der Waals surface area (Å²) in [6.07, 6.45) is 0. The Labute approximate surface area is 126 Å². The second-order valence-electron chi connectivity index (χ2n) is 5.15. The molecule has 0 aromatic heterocycles. The standard InChI is InChI=1S/C14H26N2O5/c1-12(14(18)20-3)10-16(13(17)11-19-2)5-4-15-6-8-21-9-7-15/h12H,4-11H2,1-3H3. The number of nitrogens with zero attached hydrogens (tertiary/aromatic N) is 2. The van der Waals surface area contributed by atoms with E-state index >= 15 is 0 Å². The first-order valence-electron chi connectivity index (χ1n) is 7.23. The predicted octanol–water partition coefficient (Wildman–Crippen LogP) is -0.397. The highest BCUT2D eigenvalue weighted by molar-refractivity contribution is 5.78. The minimum Gasteiger partial charge on any atom is -0.469 e. The summed E-state index contributed by atoms with van der Waals surface area (Å²) in [4.78, 5) is 27.5. The van der Waals surface area contributed by atoms with E-state index in [1.54, 1.807) is 11.8 Å². The maximum atomic E-state index is 12.1. The van der Waals surface area contributed by atoms with Crippen molar-refractivity contribution >= 4 is 11.9 Å². The summed E-state index contributed by atoms with van der Waals surface area (Å²) in [6, 6.07) is 0. The number of ether oxygens (including phenoxy) is 3. The summed E-state index contributed by atoms with van der Waals surface area (Å²) >= 11 is 0. The zero-order valence-corrected chi connectivity index (χ0v) is 13.2. The third-order valence-corrected chi connectivity index (χ3v) is 3.51. The number of hydrogen-bond acceptors (Lipinski definition) is 6. The van der Waals surface area contributed by atoms with Gasteiger partial charge >= 0.3 is 5.97 Å². The van der Waals surface area contributed by atoms with Gasteiger partial charge in [0.15, 0.2) is 0 Å². The molecule has 0 aromatic rings. The summed E-state index contributed by atoms with van der Waals surface area (Å²) in [7, 11) is 2.84. The maximum Gasteiger partial charge on any atom is 0.310 e. The topological polar surface area (TPSA) is 68.3 Å². The van der Waals surface area contributed by atoms with Crippen LogP contribution in [0.3, 0.4) is 0 Å². The Morgan fingerprint density at radius 1 is 1.29 bits per heavy atom. The summed E-state index contributed by atoms with van der Waals surface area (Å²) in [5, 5.41) is 0. The SMILES string of the molecule is COCC(=O)N(CCN1CCOCC1)CC(C)C(=O)OC. The fraction of sp³-hybridized carbons (Fsp3) is 0.857. The van der Waals surface area contributed by atoms with Gasteiger partial charge in [-0.3, -0.25) is 14.5 Å². The molecule has 1 fully saturated rings. The Hall–Kier alpha value is -1.18. The molecule has 1 aliphatic heterocycles. The van der Waals surface area contributed by atoms with Crippen LogP contribution in [0.1, 0.15) is 6.92 Å². The fourth-order valence-electron chi connectivity index (χ4n) is 2.23. The van der Waals surface area contributed by atoms with E-state index in [-0.39, 0.29) is 24.4 Å². The molecule has 21 heavy (non-hydrogen) atoms. The lowest BCUT2D eigenvalue weighted by molar-refractivity contribution is -0.147. The average Bonchev–Trinajstić information content (AvgIpc) is 2.51. The molecule has 7 nitrogen and oxygen atoms in total. The molecular weight excluding hydrogens is 276 g/mol. The van der Waals surface area contributed by atoms with Gasteiger partial charge < -0.3 is 19.1 Å². The van der Waals surface area contributed by atoms with Gasteiger partial charge in [-0.1, -0.05) is 6.92 Å². The maximum absolute atomic E-state index is 12.1. The number of carbonyl (C=O) groups excluding carboxylic acids is 2. The van der Waals surface area contributed by atoms with E-state index in [2.05, 4.69) is 4.90 Å². The summed E-state index contributed by atoms with van der Waals surface area (Å²) in [6.45, 7) is 6.67. The first-order chi connectivity index (χ1) is 10.1. The normalized spacial score (nSPS) is 17.3. The molecule has 0 aromatic carbocycles. The zero-order chi connectivity index (χ0) is 15.7. The van der Waals surface area contributed by atoms with Crippen molar-refractivity contribution < 1.29 is 23.8 Å². The van der Waals surface area contributed by atoms with Crippen LogP contribution < -0.4 is 0 Å². The molecule has 0 spiro atoms. The van der Waals surface area contributed by atoms with Crippen LogP contribution in [0.5, 0.6) is 0 Å². The number of rotatable bonds is 8. The molecule has 1 heterocycles. The van der Waals surface area contributed by atoms with E-state index in [0.717, 1.165) is 32.8 Å². The van der Waals surface area contributed by atoms with E-state index in [9.17, 15) is 9.59 Å².